The summed E-state index contributed by atoms with van der Waals surface area (Å²) in [6.07, 6.45) is 1.25. The van der Waals surface area contributed by atoms with Gasteiger partial charge in [-0.15, -0.1) is 11.3 Å². The number of nitrogens with one attached hydrogen (secondary N) is 2. The maximum absolute atomic E-state index is 4.60. The first-order chi connectivity index (χ1) is 8.60. The molecule has 0 amide bonds. The van der Waals surface area contributed by atoms with Gasteiger partial charge in [-0.25, -0.2) is 4.98 Å². The molecule has 0 saturated heterocycles. The fourth-order valence-electron chi connectivity index (χ4n) is 1.72. The molecule has 2 rings (SSSR count). The van der Waals surface area contributed by atoms with Crippen molar-refractivity contribution in [3.63, 3.8) is 0 Å². The average molecular weight is 266 g/mol. The van der Waals surface area contributed by atoms with Gasteiger partial charge in [0.2, 0.25) is 0 Å². The van der Waals surface area contributed by atoms with Gasteiger partial charge in [-0.3, -0.25) is 4.99 Å². The van der Waals surface area contributed by atoms with E-state index < -0.39 is 0 Å². The van der Waals surface area contributed by atoms with Gasteiger partial charge >= 0.3 is 0 Å². The minimum absolute atomic E-state index is 0.500. The summed E-state index contributed by atoms with van der Waals surface area (Å²) in [6, 6.07) is 0.596. The number of rotatable bonds is 4. The zero-order chi connectivity index (χ0) is 13.1. The average Bonchev–Trinajstić information content (AvgIpc) is 2.84. The molecule has 1 saturated carbocycles. The highest BCUT2D eigenvalue weighted by Gasteiger charge is 2.33. The molecule has 0 spiro atoms. The molecule has 1 heterocycles. The summed E-state index contributed by atoms with van der Waals surface area (Å²) in [4.78, 5) is 8.83. The number of hydrogen-bond acceptors (Lipinski definition) is 3. The summed E-state index contributed by atoms with van der Waals surface area (Å²) < 4.78 is 0. The van der Waals surface area contributed by atoms with Crippen LogP contribution in [0.5, 0.6) is 0 Å². The summed E-state index contributed by atoms with van der Waals surface area (Å²) in [5.41, 5.74) is 1.18. The molecule has 2 atom stereocenters. The lowest BCUT2D eigenvalue weighted by atomic mass is 10.2. The standard InChI is InChI=1S/C13H22N4S/c1-8(2)11-7-18-12(16-11)6-15-13(14-4)17-10-5-9(10)3/h7-10H,5-6H2,1-4H3,(H2,14,15,17). The van der Waals surface area contributed by atoms with Crippen molar-refractivity contribution in [2.24, 2.45) is 10.9 Å². The smallest absolute Gasteiger partial charge is 0.191 e. The Bertz CT molecular complexity index is 424. The summed E-state index contributed by atoms with van der Waals surface area (Å²) in [5.74, 6) is 2.15. The number of hydrogen-bond donors (Lipinski definition) is 2. The van der Waals surface area contributed by atoms with E-state index in [-0.39, 0.29) is 0 Å². The van der Waals surface area contributed by atoms with Crippen LogP contribution in [0.3, 0.4) is 0 Å². The number of aliphatic imine (C=N–C) groups is 1. The van der Waals surface area contributed by atoms with Crippen molar-refractivity contribution >= 4 is 17.3 Å². The normalized spacial score (nSPS) is 23.3. The van der Waals surface area contributed by atoms with Crippen molar-refractivity contribution in [1.29, 1.82) is 0 Å². The van der Waals surface area contributed by atoms with Crippen LogP contribution in [-0.4, -0.2) is 24.0 Å². The maximum Gasteiger partial charge on any atom is 0.191 e. The molecule has 1 aliphatic rings. The number of guanidine groups is 1. The number of thiazole rings is 1. The third-order valence-electron chi connectivity index (χ3n) is 3.22. The lowest BCUT2D eigenvalue weighted by Gasteiger charge is -2.10. The first-order valence-corrected chi connectivity index (χ1v) is 7.39. The van der Waals surface area contributed by atoms with E-state index >= 15 is 0 Å². The topological polar surface area (TPSA) is 49.3 Å². The largest absolute Gasteiger partial charge is 0.353 e. The van der Waals surface area contributed by atoms with Gasteiger partial charge in [-0.05, 0) is 18.3 Å². The van der Waals surface area contributed by atoms with E-state index in [4.69, 9.17) is 0 Å². The molecule has 1 aromatic rings. The zero-order valence-electron chi connectivity index (χ0n) is 11.5. The van der Waals surface area contributed by atoms with Crippen molar-refractivity contribution in [2.75, 3.05) is 7.05 Å². The highest BCUT2D eigenvalue weighted by Crippen LogP contribution is 2.28. The van der Waals surface area contributed by atoms with Crippen LogP contribution < -0.4 is 10.6 Å². The lowest BCUT2D eigenvalue weighted by Crippen LogP contribution is -2.38. The van der Waals surface area contributed by atoms with Gasteiger partial charge in [-0.1, -0.05) is 20.8 Å². The van der Waals surface area contributed by atoms with Crippen LogP contribution in [-0.2, 0) is 6.54 Å². The van der Waals surface area contributed by atoms with E-state index in [1.165, 1.54) is 12.1 Å². The Morgan fingerprint density at radius 3 is 2.83 bits per heavy atom. The third kappa shape index (κ3) is 3.45. The molecular weight excluding hydrogens is 244 g/mol. The van der Waals surface area contributed by atoms with Gasteiger partial charge in [0.1, 0.15) is 5.01 Å². The number of aromatic nitrogens is 1. The van der Waals surface area contributed by atoms with E-state index in [0.29, 0.717) is 12.0 Å². The Morgan fingerprint density at radius 2 is 2.33 bits per heavy atom. The molecule has 2 N–H and O–H groups in total. The fourth-order valence-corrected chi connectivity index (χ4v) is 2.62. The third-order valence-corrected chi connectivity index (χ3v) is 4.09. The Kier molecular flexibility index (Phi) is 4.22. The van der Waals surface area contributed by atoms with Gasteiger partial charge < -0.3 is 10.6 Å². The fraction of sp³-hybridized carbons (Fsp3) is 0.692. The molecule has 0 aliphatic heterocycles. The minimum atomic E-state index is 0.500. The van der Waals surface area contributed by atoms with Crippen molar-refractivity contribution in [3.8, 4) is 0 Å². The van der Waals surface area contributed by atoms with Gasteiger partial charge in [0, 0.05) is 18.5 Å². The summed E-state index contributed by atoms with van der Waals surface area (Å²) in [7, 11) is 1.81. The Morgan fingerprint density at radius 1 is 1.61 bits per heavy atom. The molecule has 0 radical (unpaired) electrons. The van der Waals surface area contributed by atoms with Gasteiger partial charge in [0.15, 0.2) is 5.96 Å². The molecule has 100 valence electrons. The maximum atomic E-state index is 4.60. The highest BCUT2D eigenvalue weighted by atomic mass is 32.1. The zero-order valence-corrected chi connectivity index (χ0v) is 12.3. The molecule has 4 nitrogen and oxygen atoms in total. The molecule has 0 bridgehead atoms. The van der Waals surface area contributed by atoms with Gasteiger partial charge in [0.25, 0.3) is 0 Å². The summed E-state index contributed by atoms with van der Waals surface area (Å²) in [5, 5.41) is 9.98. The van der Waals surface area contributed by atoms with E-state index in [0.717, 1.165) is 23.4 Å². The molecular formula is C13H22N4S. The molecule has 0 aromatic carbocycles. The predicted molar refractivity (Wildman–Crippen MR) is 77.1 cm³/mol. The van der Waals surface area contributed by atoms with E-state index in [2.05, 4.69) is 46.8 Å². The van der Waals surface area contributed by atoms with Crippen molar-refractivity contribution < 1.29 is 0 Å². The lowest BCUT2D eigenvalue weighted by molar-refractivity contribution is 0.756. The summed E-state index contributed by atoms with van der Waals surface area (Å²) >= 11 is 1.71. The van der Waals surface area contributed by atoms with Crippen LogP contribution in [0.4, 0.5) is 0 Å². The summed E-state index contributed by atoms with van der Waals surface area (Å²) in [6.45, 7) is 7.33. The molecule has 1 aliphatic carbocycles. The van der Waals surface area contributed by atoms with Crippen LogP contribution in [0.15, 0.2) is 10.4 Å². The van der Waals surface area contributed by atoms with Crippen LogP contribution in [0, 0.1) is 5.92 Å². The Labute approximate surface area is 113 Å². The molecule has 1 fully saturated rings. The van der Waals surface area contributed by atoms with Crippen molar-refractivity contribution in [2.45, 2.75) is 45.7 Å². The molecule has 2 unspecified atom stereocenters. The molecule has 1 aromatic heterocycles. The monoisotopic (exact) mass is 266 g/mol. The van der Waals surface area contributed by atoms with Crippen molar-refractivity contribution in [3.05, 3.63) is 16.1 Å². The quantitative estimate of drug-likeness (QED) is 0.649. The SMILES string of the molecule is CN=C(NCc1nc(C(C)C)cs1)NC1CC1C. The van der Waals surface area contributed by atoms with Crippen LogP contribution in [0.1, 0.15) is 43.8 Å². The van der Waals surface area contributed by atoms with Gasteiger partial charge in [0.05, 0.1) is 12.2 Å². The first kappa shape index (κ1) is 13.3. The molecule has 5 heteroatoms. The second-order valence-electron chi connectivity index (χ2n) is 5.21. The predicted octanol–water partition coefficient (Wildman–Crippen LogP) is 2.34. The second kappa shape index (κ2) is 5.69. The Balaban J connectivity index is 1.81. The van der Waals surface area contributed by atoms with Crippen LogP contribution >= 0.6 is 11.3 Å². The van der Waals surface area contributed by atoms with Crippen molar-refractivity contribution in [1.82, 2.24) is 15.6 Å². The minimum Gasteiger partial charge on any atom is -0.353 e. The Hall–Kier alpha value is -1.10. The second-order valence-corrected chi connectivity index (χ2v) is 6.15. The highest BCUT2D eigenvalue weighted by molar-refractivity contribution is 7.09. The van der Waals surface area contributed by atoms with Crippen LogP contribution in [0.25, 0.3) is 0 Å². The first-order valence-electron chi connectivity index (χ1n) is 6.51. The van der Waals surface area contributed by atoms with E-state index in [1.54, 1.807) is 11.3 Å². The number of nitrogens with zero attached hydrogens (tertiary/aromatic N) is 2. The van der Waals surface area contributed by atoms with Crippen LogP contribution in [0.2, 0.25) is 0 Å². The molecule has 18 heavy (non-hydrogen) atoms. The van der Waals surface area contributed by atoms with Gasteiger partial charge in [-0.2, -0.15) is 0 Å². The van der Waals surface area contributed by atoms with E-state index in [1.807, 2.05) is 7.05 Å². The van der Waals surface area contributed by atoms with E-state index in [9.17, 15) is 0 Å².